The van der Waals surface area contributed by atoms with Gasteiger partial charge in [-0.1, -0.05) is 27.2 Å². The van der Waals surface area contributed by atoms with Crippen LogP contribution in [0.5, 0.6) is 0 Å². The van der Waals surface area contributed by atoms with Gasteiger partial charge in [0.1, 0.15) is 12.5 Å². The van der Waals surface area contributed by atoms with Gasteiger partial charge in [-0.05, 0) is 33.1 Å². The Morgan fingerprint density at radius 1 is 0.900 bits per heavy atom. The molecule has 0 aliphatic heterocycles. The molecular formula is C14H33NO4Si. The van der Waals surface area contributed by atoms with Crippen molar-refractivity contribution >= 4 is 9.28 Å². The van der Waals surface area contributed by atoms with Crippen molar-refractivity contribution in [2.45, 2.75) is 78.4 Å². The summed E-state index contributed by atoms with van der Waals surface area (Å²) in [7, 11) is -1.96. The monoisotopic (exact) mass is 307 g/mol. The third kappa shape index (κ3) is 6.20. The second-order valence-electron chi connectivity index (χ2n) is 4.86. The Morgan fingerprint density at radius 3 is 1.65 bits per heavy atom. The number of hydrogen-bond acceptors (Lipinski definition) is 5. The van der Waals surface area contributed by atoms with Gasteiger partial charge in [-0.2, -0.15) is 0 Å². The molecule has 5 nitrogen and oxygen atoms in total. The molecule has 20 heavy (non-hydrogen) atoms. The molecule has 0 aromatic rings. The van der Waals surface area contributed by atoms with E-state index in [0.29, 0.717) is 26.1 Å². The third-order valence-corrected chi connectivity index (χ3v) is 5.99. The van der Waals surface area contributed by atoms with E-state index in [1.807, 2.05) is 27.7 Å². The zero-order valence-corrected chi connectivity index (χ0v) is 14.9. The maximum atomic E-state index is 10.3. The number of nitrogens with zero attached hydrogens (tertiary/aromatic N) is 1. The molecule has 0 rings (SSSR count). The lowest BCUT2D eigenvalue weighted by Gasteiger charge is -2.40. The van der Waals surface area contributed by atoms with Crippen LogP contribution in [0.25, 0.3) is 0 Å². The molecule has 3 unspecified atom stereocenters. The minimum atomic E-state index is -1.96. The van der Waals surface area contributed by atoms with E-state index >= 15 is 0 Å². The lowest BCUT2D eigenvalue weighted by molar-refractivity contribution is -0.120. The molecule has 0 bridgehead atoms. The zero-order valence-electron chi connectivity index (χ0n) is 13.7. The summed E-state index contributed by atoms with van der Waals surface area (Å²) in [6, 6.07) is 0. The first-order valence-electron chi connectivity index (χ1n) is 7.93. The standard InChI is InChI=1S/C14H33NO4Si/c1-6-11-14(20(18-9-4)19-10-5)15(12(16)7-2)13(17)8-3/h12-14,16-17,20H,6-11H2,1-5H3. The van der Waals surface area contributed by atoms with E-state index in [0.717, 1.165) is 12.8 Å². The summed E-state index contributed by atoms with van der Waals surface area (Å²) in [5, 5.41) is 20.6. The molecular weight excluding hydrogens is 274 g/mol. The smallest absolute Gasteiger partial charge is 0.339 e. The Balaban J connectivity index is 5.19. The molecule has 0 saturated carbocycles. The first-order valence-corrected chi connectivity index (χ1v) is 9.54. The minimum absolute atomic E-state index is 0.00944. The minimum Gasteiger partial charge on any atom is -0.396 e. The van der Waals surface area contributed by atoms with Crippen LogP contribution in [0.4, 0.5) is 0 Å². The molecule has 0 aromatic carbocycles. The summed E-state index contributed by atoms with van der Waals surface area (Å²) in [6.07, 6.45) is 1.69. The molecule has 6 heteroatoms. The van der Waals surface area contributed by atoms with Crippen LogP contribution in [0.1, 0.15) is 60.3 Å². The third-order valence-electron chi connectivity index (χ3n) is 3.36. The van der Waals surface area contributed by atoms with Crippen molar-refractivity contribution in [1.82, 2.24) is 4.90 Å². The van der Waals surface area contributed by atoms with Crippen molar-refractivity contribution in [2.24, 2.45) is 0 Å². The van der Waals surface area contributed by atoms with Crippen LogP contribution in [0.2, 0.25) is 0 Å². The van der Waals surface area contributed by atoms with Gasteiger partial charge in [0.05, 0.1) is 5.67 Å². The number of rotatable bonds is 12. The second-order valence-corrected chi connectivity index (χ2v) is 7.03. The molecule has 122 valence electrons. The average molecular weight is 308 g/mol. The molecule has 0 radical (unpaired) electrons. The van der Waals surface area contributed by atoms with Gasteiger partial charge in [-0.15, -0.1) is 0 Å². The summed E-state index contributed by atoms with van der Waals surface area (Å²) in [4.78, 5) is 1.80. The SMILES string of the molecule is CCCC(N(C(O)CC)C(O)CC)[SiH](OCC)OCC. The molecule has 0 heterocycles. The van der Waals surface area contributed by atoms with Gasteiger partial charge in [-0.25, -0.2) is 4.90 Å². The maximum Gasteiger partial charge on any atom is 0.339 e. The summed E-state index contributed by atoms with van der Waals surface area (Å²) in [6.45, 7) is 11.1. The molecule has 0 aliphatic carbocycles. The number of aliphatic hydroxyl groups excluding tert-OH is 2. The van der Waals surface area contributed by atoms with E-state index < -0.39 is 21.7 Å². The Kier molecular flexibility index (Phi) is 11.7. The van der Waals surface area contributed by atoms with Gasteiger partial charge in [0.25, 0.3) is 0 Å². The van der Waals surface area contributed by atoms with Crippen LogP contribution < -0.4 is 0 Å². The lowest BCUT2D eigenvalue weighted by atomic mass is 10.2. The highest BCUT2D eigenvalue weighted by atomic mass is 28.3. The molecule has 0 spiro atoms. The van der Waals surface area contributed by atoms with Crippen LogP contribution in [0.3, 0.4) is 0 Å². The summed E-state index contributed by atoms with van der Waals surface area (Å²) in [5.74, 6) is 0. The predicted molar refractivity (Wildman–Crippen MR) is 83.5 cm³/mol. The maximum absolute atomic E-state index is 10.3. The molecule has 2 N–H and O–H groups in total. The molecule has 3 atom stereocenters. The van der Waals surface area contributed by atoms with Gasteiger partial charge in [0.15, 0.2) is 0 Å². The van der Waals surface area contributed by atoms with E-state index in [-0.39, 0.29) is 5.67 Å². The van der Waals surface area contributed by atoms with Crippen LogP contribution in [-0.2, 0) is 8.85 Å². The van der Waals surface area contributed by atoms with Crippen LogP contribution >= 0.6 is 0 Å². The first kappa shape index (κ1) is 20.0. The topological polar surface area (TPSA) is 62.2 Å². The Bertz CT molecular complexity index is 217. The van der Waals surface area contributed by atoms with Crippen molar-refractivity contribution < 1.29 is 19.1 Å². The van der Waals surface area contributed by atoms with Crippen molar-refractivity contribution in [3.05, 3.63) is 0 Å². The Hall–Kier alpha value is 0.0169. The summed E-state index contributed by atoms with van der Waals surface area (Å²) < 4.78 is 11.6. The average Bonchev–Trinajstić information content (AvgIpc) is 2.45. The zero-order chi connectivity index (χ0) is 15.5. The molecule has 0 saturated heterocycles. The van der Waals surface area contributed by atoms with Gasteiger partial charge < -0.3 is 19.1 Å². The highest BCUT2D eigenvalue weighted by Gasteiger charge is 2.36. The van der Waals surface area contributed by atoms with Crippen LogP contribution in [-0.4, -0.2) is 55.7 Å². The van der Waals surface area contributed by atoms with E-state index in [2.05, 4.69) is 6.92 Å². The summed E-state index contributed by atoms with van der Waals surface area (Å²) in [5.41, 5.74) is -0.00944. The van der Waals surface area contributed by atoms with E-state index in [9.17, 15) is 10.2 Å². The van der Waals surface area contributed by atoms with Gasteiger partial charge in [0.2, 0.25) is 0 Å². The fourth-order valence-corrected chi connectivity index (χ4v) is 4.86. The largest absolute Gasteiger partial charge is 0.396 e. The highest BCUT2D eigenvalue weighted by molar-refractivity contribution is 6.46. The molecule has 0 aromatic heterocycles. The quantitative estimate of drug-likeness (QED) is 0.425. The van der Waals surface area contributed by atoms with Gasteiger partial charge in [0, 0.05) is 13.2 Å². The van der Waals surface area contributed by atoms with Crippen molar-refractivity contribution in [3.63, 3.8) is 0 Å². The fourth-order valence-electron chi connectivity index (χ4n) is 2.38. The van der Waals surface area contributed by atoms with E-state index in [1.165, 1.54) is 0 Å². The van der Waals surface area contributed by atoms with E-state index in [4.69, 9.17) is 8.85 Å². The van der Waals surface area contributed by atoms with Crippen molar-refractivity contribution in [2.75, 3.05) is 13.2 Å². The normalized spacial score (nSPS) is 16.6. The highest BCUT2D eigenvalue weighted by Crippen LogP contribution is 2.20. The van der Waals surface area contributed by atoms with Crippen LogP contribution in [0, 0.1) is 0 Å². The number of hydrogen-bond donors (Lipinski definition) is 2. The second kappa shape index (κ2) is 11.7. The Morgan fingerprint density at radius 2 is 1.35 bits per heavy atom. The Labute approximate surface area is 125 Å². The first-order chi connectivity index (χ1) is 9.56. The van der Waals surface area contributed by atoms with Gasteiger partial charge >= 0.3 is 9.28 Å². The van der Waals surface area contributed by atoms with E-state index in [1.54, 1.807) is 4.90 Å². The molecule has 0 fully saturated rings. The van der Waals surface area contributed by atoms with Crippen LogP contribution in [0.15, 0.2) is 0 Å². The summed E-state index contributed by atoms with van der Waals surface area (Å²) >= 11 is 0. The molecule has 0 aliphatic rings. The van der Waals surface area contributed by atoms with Crippen molar-refractivity contribution in [1.29, 1.82) is 0 Å². The molecule has 0 amide bonds. The number of aliphatic hydroxyl groups is 2. The predicted octanol–water partition coefficient (Wildman–Crippen LogP) is 1.75. The van der Waals surface area contributed by atoms with Gasteiger partial charge in [-0.3, -0.25) is 0 Å². The lowest BCUT2D eigenvalue weighted by Crippen LogP contribution is -2.57. The van der Waals surface area contributed by atoms with Crippen molar-refractivity contribution in [3.8, 4) is 0 Å². The fraction of sp³-hybridized carbons (Fsp3) is 1.00.